The van der Waals surface area contributed by atoms with E-state index in [1.54, 1.807) is 10.8 Å². The lowest BCUT2D eigenvalue weighted by Gasteiger charge is -2.26. The van der Waals surface area contributed by atoms with Crippen LogP contribution in [0.15, 0.2) is 66.9 Å². The van der Waals surface area contributed by atoms with Crippen LogP contribution in [0, 0.1) is 6.92 Å². The lowest BCUT2D eigenvalue weighted by molar-refractivity contribution is -0.139. The van der Waals surface area contributed by atoms with Crippen LogP contribution in [-0.2, 0) is 22.7 Å². The van der Waals surface area contributed by atoms with Crippen LogP contribution in [0.3, 0.4) is 0 Å². The molecule has 32 heavy (non-hydrogen) atoms. The Morgan fingerprint density at radius 2 is 1.72 bits per heavy atom. The molecule has 6 heteroatoms. The third kappa shape index (κ3) is 6.06. The molecule has 6 nitrogen and oxygen atoms in total. The van der Waals surface area contributed by atoms with E-state index in [1.807, 2.05) is 36.5 Å². The Morgan fingerprint density at radius 3 is 2.44 bits per heavy atom. The number of hydrogen-bond donors (Lipinski definition) is 0. The molecule has 0 N–H and O–H groups in total. The molecule has 1 aromatic heterocycles. The third-order valence-electron chi connectivity index (χ3n) is 5.68. The molecule has 166 valence electrons. The van der Waals surface area contributed by atoms with Crippen molar-refractivity contribution in [3.05, 3.63) is 89.3 Å². The highest BCUT2D eigenvalue weighted by Gasteiger charge is 2.16. The van der Waals surface area contributed by atoms with Crippen LogP contribution >= 0.6 is 0 Å². The molecule has 0 amide bonds. The van der Waals surface area contributed by atoms with Crippen LogP contribution < -0.4 is 0 Å². The number of esters is 1. The first-order valence-electron chi connectivity index (χ1n) is 11.3. The van der Waals surface area contributed by atoms with E-state index in [4.69, 9.17) is 4.74 Å². The van der Waals surface area contributed by atoms with Gasteiger partial charge in [0.15, 0.2) is 0 Å². The summed E-state index contributed by atoms with van der Waals surface area (Å²) in [6.07, 6.45) is 8.21. The summed E-state index contributed by atoms with van der Waals surface area (Å²) in [5, 5.41) is 8.28. The molecule has 1 aliphatic heterocycles. The molecule has 0 atom stereocenters. The number of ether oxygens (including phenoxy) is 1. The number of likely N-dealkylation sites (tertiary alicyclic amines) is 1. The van der Waals surface area contributed by atoms with Crippen LogP contribution in [-0.4, -0.2) is 39.0 Å². The zero-order valence-electron chi connectivity index (χ0n) is 18.6. The van der Waals surface area contributed by atoms with Crippen molar-refractivity contribution in [1.29, 1.82) is 0 Å². The van der Waals surface area contributed by atoms with E-state index < -0.39 is 0 Å². The number of aromatic nitrogens is 3. The molecule has 3 aromatic rings. The summed E-state index contributed by atoms with van der Waals surface area (Å²) in [6.45, 7) is 4.72. The molecule has 0 aliphatic carbocycles. The third-order valence-corrected chi connectivity index (χ3v) is 5.68. The Bertz CT molecular complexity index is 1030. The Morgan fingerprint density at radius 1 is 1.00 bits per heavy atom. The van der Waals surface area contributed by atoms with Gasteiger partial charge in [-0.05, 0) is 30.9 Å². The van der Waals surface area contributed by atoms with Crippen molar-refractivity contribution in [3.8, 4) is 0 Å². The maximum Gasteiger partial charge on any atom is 0.333 e. The van der Waals surface area contributed by atoms with Gasteiger partial charge in [0, 0.05) is 19.2 Å². The first-order chi connectivity index (χ1) is 15.7. The van der Waals surface area contributed by atoms with Gasteiger partial charge in [-0.25, -0.2) is 9.48 Å². The van der Waals surface area contributed by atoms with E-state index in [9.17, 15) is 4.79 Å². The number of hydrogen-bond acceptors (Lipinski definition) is 5. The molecule has 2 heterocycles. The topological polar surface area (TPSA) is 60.3 Å². The maximum absolute atomic E-state index is 12.7. The van der Waals surface area contributed by atoms with Crippen molar-refractivity contribution in [3.63, 3.8) is 0 Å². The molecular weight excluding hydrogens is 400 g/mol. The van der Waals surface area contributed by atoms with Gasteiger partial charge in [-0.2, -0.15) is 0 Å². The van der Waals surface area contributed by atoms with E-state index in [1.165, 1.54) is 18.4 Å². The van der Waals surface area contributed by atoms with Crippen molar-refractivity contribution in [2.24, 2.45) is 0 Å². The Balaban J connectivity index is 1.43. The van der Waals surface area contributed by atoms with Crippen LogP contribution in [0.25, 0.3) is 5.70 Å². The van der Waals surface area contributed by atoms with Gasteiger partial charge < -0.3 is 9.64 Å². The van der Waals surface area contributed by atoms with Crippen LogP contribution in [0.4, 0.5) is 0 Å². The summed E-state index contributed by atoms with van der Waals surface area (Å²) >= 11 is 0. The lowest BCUT2D eigenvalue weighted by Crippen LogP contribution is -2.24. The summed E-state index contributed by atoms with van der Waals surface area (Å²) in [6, 6.07) is 18.4. The highest BCUT2D eigenvalue weighted by molar-refractivity contribution is 5.91. The first kappa shape index (κ1) is 21.8. The fourth-order valence-electron chi connectivity index (χ4n) is 3.94. The van der Waals surface area contributed by atoms with Gasteiger partial charge in [0.05, 0.1) is 18.4 Å². The molecule has 1 saturated heterocycles. The zero-order chi connectivity index (χ0) is 22.2. The summed E-state index contributed by atoms with van der Waals surface area (Å²) in [4.78, 5) is 15.0. The van der Waals surface area contributed by atoms with Gasteiger partial charge in [-0.15, -0.1) is 5.10 Å². The van der Waals surface area contributed by atoms with Crippen LogP contribution in [0.1, 0.15) is 48.1 Å². The SMILES string of the molecule is Cc1ccc(/C(=C/C(=O)OCc2cn(Cc3ccccc3)nn2)N2CCCCCC2)cc1. The highest BCUT2D eigenvalue weighted by Crippen LogP contribution is 2.24. The second-order valence-electron chi connectivity index (χ2n) is 8.30. The molecular formula is C26H30N4O2. The van der Waals surface area contributed by atoms with Gasteiger partial charge in [-0.3, -0.25) is 0 Å². The molecule has 1 aliphatic rings. The largest absolute Gasteiger partial charge is 0.456 e. The zero-order valence-corrected chi connectivity index (χ0v) is 18.6. The number of aryl methyl sites for hydroxylation is 1. The standard InChI is InChI=1S/C26H30N4O2/c1-21-11-13-23(14-12-21)25(29-15-7-2-3-8-16-29)17-26(31)32-20-24-19-30(28-27-24)18-22-9-5-4-6-10-22/h4-6,9-14,17,19H,2-3,7-8,15-16,18,20H2,1H3/b25-17-. The summed E-state index contributed by atoms with van der Waals surface area (Å²) in [5.41, 5.74) is 4.96. The monoisotopic (exact) mass is 430 g/mol. The Labute approximate surface area is 189 Å². The van der Waals surface area contributed by atoms with E-state index in [0.29, 0.717) is 12.2 Å². The maximum atomic E-state index is 12.7. The number of rotatable bonds is 7. The van der Waals surface area contributed by atoms with Crippen molar-refractivity contribution >= 4 is 11.7 Å². The second-order valence-corrected chi connectivity index (χ2v) is 8.30. The average molecular weight is 431 g/mol. The van der Waals surface area contributed by atoms with Crippen molar-refractivity contribution in [2.75, 3.05) is 13.1 Å². The minimum absolute atomic E-state index is 0.102. The lowest BCUT2D eigenvalue weighted by atomic mass is 10.1. The molecule has 0 bridgehead atoms. The van der Waals surface area contributed by atoms with Crippen LogP contribution in [0.5, 0.6) is 0 Å². The first-order valence-corrected chi connectivity index (χ1v) is 11.3. The van der Waals surface area contributed by atoms with Crippen molar-refractivity contribution in [2.45, 2.75) is 45.8 Å². The highest BCUT2D eigenvalue weighted by atomic mass is 16.5. The van der Waals surface area contributed by atoms with Gasteiger partial charge in [0.25, 0.3) is 0 Å². The number of carbonyl (C=O) groups is 1. The Hall–Kier alpha value is -3.41. The van der Waals surface area contributed by atoms with E-state index in [-0.39, 0.29) is 12.6 Å². The van der Waals surface area contributed by atoms with Gasteiger partial charge in [-0.1, -0.05) is 78.2 Å². The van der Waals surface area contributed by atoms with E-state index in [2.05, 4.69) is 46.4 Å². The van der Waals surface area contributed by atoms with Crippen molar-refractivity contribution < 1.29 is 9.53 Å². The van der Waals surface area contributed by atoms with Crippen LogP contribution in [0.2, 0.25) is 0 Å². The minimum atomic E-state index is -0.359. The Kier molecular flexibility index (Phi) is 7.33. The molecule has 4 rings (SSSR count). The normalized spacial score (nSPS) is 14.8. The molecule has 0 saturated carbocycles. The second kappa shape index (κ2) is 10.8. The molecule has 0 radical (unpaired) electrons. The summed E-state index contributed by atoms with van der Waals surface area (Å²) in [7, 11) is 0. The molecule has 1 fully saturated rings. The average Bonchev–Trinajstić information content (AvgIpc) is 3.08. The summed E-state index contributed by atoms with van der Waals surface area (Å²) in [5.74, 6) is -0.359. The molecule has 0 spiro atoms. The van der Waals surface area contributed by atoms with Gasteiger partial charge >= 0.3 is 5.97 Å². The predicted octanol–water partition coefficient (Wildman–Crippen LogP) is 4.60. The smallest absolute Gasteiger partial charge is 0.333 e. The number of carbonyl (C=O) groups excluding carboxylic acids is 1. The van der Waals surface area contributed by atoms with E-state index >= 15 is 0 Å². The van der Waals surface area contributed by atoms with Gasteiger partial charge in [0.2, 0.25) is 0 Å². The fourth-order valence-corrected chi connectivity index (χ4v) is 3.94. The number of nitrogens with zero attached hydrogens (tertiary/aromatic N) is 4. The predicted molar refractivity (Wildman–Crippen MR) is 125 cm³/mol. The molecule has 2 aromatic carbocycles. The minimum Gasteiger partial charge on any atom is -0.456 e. The fraction of sp³-hybridized carbons (Fsp3) is 0.346. The van der Waals surface area contributed by atoms with Gasteiger partial charge in [0.1, 0.15) is 12.3 Å². The quantitative estimate of drug-likeness (QED) is 0.405. The summed E-state index contributed by atoms with van der Waals surface area (Å²) < 4.78 is 7.28. The van der Waals surface area contributed by atoms with E-state index in [0.717, 1.165) is 42.8 Å². The molecule has 0 unspecified atom stereocenters. The number of benzene rings is 2. The van der Waals surface area contributed by atoms with Crippen molar-refractivity contribution in [1.82, 2.24) is 19.9 Å².